The van der Waals surface area contributed by atoms with Crippen molar-refractivity contribution >= 4 is 28.1 Å². The number of rotatable bonds is 5. The number of hydrogen-bond acceptors (Lipinski definition) is 7. The summed E-state index contributed by atoms with van der Waals surface area (Å²) in [7, 11) is 0. The largest absolute Gasteiger partial charge is 0.417 e. The highest BCUT2D eigenvalue weighted by Gasteiger charge is 2.54. The number of hydrogen-bond donors (Lipinski definition) is 3. The van der Waals surface area contributed by atoms with Gasteiger partial charge < -0.3 is 20.4 Å². The minimum atomic E-state index is -4.75. The van der Waals surface area contributed by atoms with Crippen LogP contribution in [0.1, 0.15) is 31.4 Å². The van der Waals surface area contributed by atoms with E-state index in [0.717, 1.165) is 22.9 Å². The zero-order chi connectivity index (χ0) is 24.7. The number of benzene rings is 2. The maximum atomic E-state index is 13.5. The van der Waals surface area contributed by atoms with Crippen molar-refractivity contribution in [1.82, 2.24) is 4.98 Å². The zero-order valence-corrected chi connectivity index (χ0v) is 18.4. The summed E-state index contributed by atoms with van der Waals surface area (Å²) in [5.74, 6) is -1.73. The van der Waals surface area contributed by atoms with Gasteiger partial charge in [0.1, 0.15) is 17.2 Å². The Morgan fingerprint density at radius 2 is 1.85 bits per heavy atom. The van der Waals surface area contributed by atoms with Crippen molar-refractivity contribution < 1.29 is 23.4 Å². The number of aliphatic hydroxyl groups is 2. The number of halogens is 3. The van der Waals surface area contributed by atoms with Gasteiger partial charge in [-0.15, -0.1) is 0 Å². The number of nitrogens with zero attached hydrogens (tertiary/aromatic N) is 4. The van der Waals surface area contributed by atoms with E-state index < -0.39 is 28.8 Å². The maximum Gasteiger partial charge on any atom is 0.417 e. The molecule has 1 aromatic heterocycles. The fourth-order valence-electron chi connectivity index (χ4n) is 4.04. The lowest BCUT2D eigenvalue weighted by molar-refractivity contribution is -0.185. The molecule has 2 aromatic carbocycles. The molecule has 0 saturated carbocycles. The number of nitrogens with one attached hydrogen (secondary N) is 1. The van der Waals surface area contributed by atoms with Gasteiger partial charge in [0.15, 0.2) is 0 Å². The molecule has 2 heterocycles. The third kappa shape index (κ3) is 4.04. The van der Waals surface area contributed by atoms with Gasteiger partial charge >= 0.3 is 6.18 Å². The van der Waals surface area contributed by atoms with Gasteiger partial charge in [0.2, 0.25) is 0 Å². The van der Waals surface area contributed by atoms with Crippen molar-refractivity contribution in [3.8, 4) is 6.07 Å². The number of aliphatic imine (C=N–C) groups is 1. The van der Waals surface area contributed by atoms with E-state index in [4.69, 9.17) is 5.26 Å². The third-order valence-corrected chi connectivity index (χ3v) is 5.92. The summed E-state index contributed by atoms with van der Waals surface area (Å²) in [4.78, 5) is 9.71. The summed E-state index contributed by atoms with van der Waals surface area (Å²) in [6.07, 6.45) is -2.92. The minimum absolute atomic E-state index is 0.0448. The molecule has 10 heteroatoms. The summed E-state index contributed by atoms with van der Waals surface area (Å²) < 4.78 is 40.6. The molecular formula is C24H22F3N5O2. The van der Waals surface area contributed by atoms with Crippen molar-refractivity contribution in [3.63, 3.8) is 0 Å². The van der Waals surface area contributed by atoms with Crippen molar-refractivity contribution in [1.29, 1.82) is 5.26 Å². The predicted molar refractivity (Wildman–Crippen MR) is 122 cm³/mol. The first kappa shape index (κ1) is 23.5. The summed E-state index contributed by atoms with van der Waals surface area (Å²) in [5, 5.41) is 35.2. The van der Waals surface area contributed by atoms with Gasteiger partial charge in [0.25, 0.3) is 5.91 Å². The number of fused-ring (bicyclic) bond motifs is 1. The molecule has 0 bridgehead atoms. The van der Waals surface area contributed by atoms with E-state index in [1.807, 2.05) is 30.3 Å². The lowest BCUT2D eigenvalue weighted by atomic mass is 9.97. The lowest BCUT2D eigenvalue weighted by Gasteiger charge is -2.39. The van der Waals surface area contributed by atoms with Crippen LogP contribution in [-0.4, -0.2) is 39.0 Å². The van der Waals surface area contributed by atoms with Gasteiger partial charge in [-0.2, -0.15) is 18.4 Å². The Morgan fingerprint density at radius 3 is 2.56 bits per heavy atom. The molecule has 34 heavy (non-hydrogen) atoms. The van der Waals surface area contributed by atoms with Crippen LogP contribution in [0.4, 0.5) is 24.7 Å². The second-order valence-corrected chi connectivity index (χ2v) is 8.45. The molecule has 3 aromatic rings. The first-order valence-electron chi connectivity index (χ1n) is 10.5. The van der Waals surface area contributed by atoms with Gasteiger partial charge in [0, 0.05) is 30.2 Å². The molecule has 7 nitrogen and oxygen atoms in total. The van der Waals surface area contributed by atoms with Crippen LogP contribution >= 0.6 is 0 Å². The van der Waals surface area contributed by atoms with E-state index in [9.17, 15) is 23.4 Å². The highest BCUT2D eigenvalue weighted by atomic mass is 19.4. The Bertz CT molecular complexity index is 1310. The number of anilines is 2. The van der Waals surface area contributed by atoms with Crippen molar-refractivity contribution in [2.45, 2.75) is 37.9 Å². The summed E-state index contributed by atoms with van der Waals surface area (Å²) in [5.41, 5.74) is -3.05. The fraction of sp³-hybridized carbons (Fsp3) is 0.292. The molecule has 3 N–H and O–H groups in total. The molecule has 0 atom stereocenters. The fourth-order valence-corrected chi connectivity index (χ4v) is 4.04. The number of aromatic nitrogens is 1. The highest BCUT2D eigenvalue weighted by molar-refractivity contribution is 6.02. The molecule has 0 unspecified atom stereocenters. The number of pyridine rings is 1. The van der Waals surface area contributed by atoms with Crippen LogP contribution in [0.15, 0.2) is 59.7 Å². The second-order valence-electron chi connectivity index (χ2n) is 8.45. The Hall–Kier alpha value is -3.68. The monoisotopic (exact) mass is 469 g/mol. The standard InChI is InChI=1S/C24H22F3N5O2/c1-22(2)24(33,34)31-20(10-12-30-21-18-6-4-3-5-15(18)9-11-29-21)32(22)17-8-7-16(14-28)19(13-17)23(25,26)27/h3-9,11,13,33-34H,10,12H2,1-2H3,(H,29,30). The van der Waals surface area contributed by atoms with Crippen molar-refractivity contribution in [3.05, 3.63) is 65.9 Å². The first-order valence-corrected chi connectivity index (χ1v) is 10.5. The van der Waals surface area contributed by atoms with Crippen LogP contribution in [-0.2, 0) is 6.18 Å². The number of amidine groups is 1. The third-order valence-electron chi connectivity index (χ3n) is 5.92. The molecule has 0 spiro atoms. The van der Waals surface area contributed by atoms with E-state index in [2.05, 4.69) is 15.3 Å². The summed E-state index contributed by atoms with van der Waals surface area (Å²) >= 11 is 0. The summed E-state index contributed by atoms with van der Waals surface area (Å²) in [6.45, 7) is 3.22. The van der Waals surface area contributed by atoms with Crippen LogP contribution in [0.2, 0.25) is 0 Å². The SMILES string of the molecule is CC1(C)N(c2ccc(C#N)c(C(F)(F)F)c2)C(CCNc2nccc3ccccc23)=NC1(O)O. The maximum absolute atomic E-state index is 13.5. The van der Waals surface area contributed by atoms with Gasteiger partial charge in [-0.05, 0) is 43.5 Å². The molecule has 0 amide bonds. The lowest BCUT2D eigenvalue weighted by Crippen LogP contribution is -2.56. The molecule has 1 aliphatic rings. The molecule has 1 aliphatic heterocycles. The van der Waals surface area contributed by atoms with Gasteiger partial charge in [0.05, 0.1) is 17.2 Å². The Labute approximate surface area is 193 Å². The molecule has 0 aliphatic carbocycles. The summed E-state index contributed by atoms with van der Waals surface area (Å²) in [6, 6.07) is 14.3. The topological polar surface area (TPSA) is 105 Å². The average Bonchev–Trinajstić information content (AvgIpc) is 2.96. The second kappa shape index (κ2) is 8.27. The normalized spacial score (nSPS) is 16.9. The molecule has 176 valence electrons. The van der Waals surface area contributed by atoms with E-state index >= 15 is 0 Å². The Morgan fingerprint density at radius 1 is 1.12 bits per heavy atom. The molecule has 0 saturated heterocycles. The predicted octanol–water partition coefficient (Wildman–Crippen LogP) is 4.26. The van der Waals surface area contributed by atoms with Crippen LogP contribution in [0.5, 0.6) is 0 Å². The molecular weight excluding hydrogens is 447 g/mol. The van der Waals surface area contributed by atoms with Gasteiger partial charge in [-0.25, -0.2) is 9.98 Å². The van der Waals surface area contributed by atoms with Gasteiger partial charge in [-0.1, -0.05) is 24.3 Å². The van der Waals surface area contributed by atoms with Crippen molar-refractivity contribution in [2.75, 3.05) is 16.8 Å². The van der Waals surface area contributed by atoms with E-state index in [-0.39, 0.29) is 24.5 Å². The smallest absolute Gasteiger partial charge is 0.369 e. The van der Waals surface area contributed by atoms with Gasteiger partial charge in [-0.3, -0.25) is 0 Å². The minimum Gasteiger partial charge on any atom is -0.369 e. The first-order chi connectivity index (χ1) is 16.0. The van der Waals surface area contributed by atoms with Crippen LogP contribution < -0.4 is 10.2 Å². The van der Waals surface area contributed by atoms with Crippen LogP contribution in [0, 0.1) is 11.3 Å². The quantitative estimate of drug-likeness (QED) is 0.483. The van der Waals surface area contributed by atoms with Crippen molar-refractivity contribution in [2.24, 2.45) is 4.99 Å². The van der Waals surface area contributed by atoms with Crippen LogP contribution in [0.25, 0.3) is 10.8 Å². The Balaban J connectivity index is 1.64. The van der Waals surface area contributed by atoms with E-state index in [0.29, 0.717) is 5.82 Å². The number of alkyl halides is 3. The highest BCUT2D eigenvalue weighted by Crippen LogP contribution is 2.41. The number of nitriles is 1. The molecule has 0 fully saturated rings. The zero-order valence-electron chi connectivity index (χ0n) is 18.4. The van der Waals surface area contributed by atoms with Crippen LogP contribution in [0.3, 0.4) is 0 Å². The average molecular weight is 469 g/mol. The van der Waals surface area contributed by atoms with E-state index in [1.54, 1.807) is 12.3 Å². The Kier molecular flexibility index (Phi) is 5.71. The van der Waals surface area contributed by atoms with E-state index in [1.165, 1.54) is 24.8 Å². The molecule has 0 radical (unpaired) electrons. The molecule has 4 rings (SSSR count).